The molecule has 3 aliphatic heterocycles. The van der Waals surface area contributed by atoms with Gasteiger partial charge in [0, 0.05) is 17.2 Å². The molecule has 49 heavy (non-hydrogen) atoms. The van der Waals surface area contributed by atoms with Gasteiger partial charge in [0.05, 0.1) is 6.04 Å². The van der Waals surface area contributed by atoms with Crippen molar-refractivity contribution in [3.05, 3.63) is 85.6 Å². The molecule has 0 saturated heterocycles. The Hall–Kier alpha value is -0.711. The minimum Gasteiger partial charge on any atom is -0.478 e. The van der Waals surface area contributed by atoms with Crippen LogP contribution in [0.4, 0.5) is 0 Å². The van der Waals surface area contributed by atoms with Gasteiger partial charge in [-0.05, 0) is 69.1 Å². The third-order valence-electron chi connectivity index (χ3n) is 11.2. The van der Waals surface area contributed by atoms with E-state index in [4.69, 9.17) is 9.73 Å². The van der Waals surface area contributed by atoms with E-state index >= 15 is 0 Å². The van der Waals surface area contributed by atoms with Gasteiger partial charge in [0.15, 0.2) is 5.90 Å². The Bertz CT molecular complexity index is 1250. The number of rotatable bonds is 2. The van der Waals surface area contributed by atoms with Crippen LogP contribution in [0, 0.1) is 32.1 Å². The molecule has 5 aliphatic rings. The fourth-order valence-corrected chi connectivity index (χ4v) is 15.7. The molecule has 0 amide bonds. The number of hydrogen-bond acceptors (Lipinski definition) is 2. The fraction of sp³-hybridized carbons (Fsp3) is 0.659. The van der Waals surface area contributed by atoms with Crippen molar-refractivity contribution < 1.29 is 21.8 Å². The van der Waals surface area contributed by atoms with E-state index in [1.807, 2.05) is 0 Å². The maximum absolute atomic E-state index is 5.80. The van der Waals surface area contributed by atoms with Crippen LogP contribution in [-0.4, -0.2) is 28.9 Å². The Morgan fingerprint density at radius 3 is 1.41 bits per heavy atom. The van der Waals surface area contributed by atoms with Crippen LogP contribution in [-0.2, 0) is 34.1 Å². The predicted molar refractivity (Wildman–Crippen MR) is 218 cm³/mol. The molecule has 2 aromatic rings. The average molecular weight is 748 g/mol. The molecule has 276 valence electrons. The first-order valence-electron chi connectivity index (χ1n) is 18.6. The van der Waals surface area contributed by atoms with E-state index in [1.165, 1.54) is 63.7 Å². The smallest absolute Gasteiger partial charge is 0.478 e. The quantitative estimate of drug-likeness (QED) is 0.170. The number of fused-ring (bicyclic) bond motifs is 2. The fourth-order valence-electron chi connectivity index (χ4n) is 8.26. The van der Waals surface area contributed by atoms with Crippen LogP contribution < -0.4 is 0 Å². The molecule has 2 saturated carbocycles. The SMILES string of the molecule is C1CCCC1.CC(C)(C)[P@@]1Cc2ccccc2[C@@H]1[C@H]1c2ccccc2C[P@]1C(C)(C)C.CC1CCCC1C1=N[C@H](C(C)(C)C)CO1.[CH3-].[CH3-].[Fe+2]. The van der Waals surface area contributed by atoms with Crippen molar-refractivity contribution in [2.24, 2.45) is 22.2 Å². The van der Waals surface area contributed by atoms with Gasteiger partial charge in [-0.1, -0.05) is 172 Å². The Morgan fingerprint density at radius 2 is 1.06 bits per heavy atom. The maximum Gasteiger partial charge on any atom is 2.00 e. The summed E-state index contributed by atoms with van der Waals surface area (Å²) in [6, 6.07) is 19.1. The third kappa shape index (κ3) is 10.7. The van der Waals surface area contributed by atoms with E-state index in [1.54, 1.807) is 22.3 Å². The molecule has 5 heteroatoms. The zero-order valence-electron chi connectivity index (χ0n) is 33.4. The molecular weight excluding hydrogens is 676 g/mol. The summed E-state index contributed by atoms with van der Waals surface area (Å²) in [4.78, 5) is 4.79. The number of benzene rings is 2. The van der Waals surface area contributed by atoms with Crippen LogP contribution >= 0.6 is 15.8 Å². The van der Waals surface area contributed by atoms with E-state index in [9.17, 15) is 0 Å². The molecule has 2 fully saturated rings. The molecule has 0 spiro atoms. The first-order chi connectivity index (χ1) is 21.7. The summed E-state index contributed by atoms with van der Waals surface area (Å²) >= 11 is 0. The molecule has 7 rings (SSSR count). The van der Waals surface area contributed by atoms with Crippen molar-refractivity contribution in [1.29, 1.82) is 0 Å². The van der Waals surface area contributed by atoms with Crippen molar-refractivity contribution in [3.63, 3.8) is 0 Å². The molecule has 2 unspecified atom stereocenters. The van der Waals surface area contributed by atoms with Crippen molar-refractivity contribution in [2.75, 3.05) is 6.61 Å². The normalized spacial score (nSPS) is 28.5. The van der Waals surface area contributed by atoms with E-state index in [2.05, 4.69) is 118 Å². The average Bonchev–Trinajstić information content (AvgIpc) is 3.81. The second-order valence-electron chi connectivity index (χ2n) is 17.8. The van der Waals surface area contributed by atoms with E-state index < -0.39 is 0 Å². The van der Waals surface area contributed by atoms with E-state index in [0.717, 1.165) is 29.7 Å². The number of nitrogens with zero attached hydrogens (tertiary/aromatic N) is 1. The van der Waals surface area contributed by atoms with Gasteiger partial charge in [-0.3, -0.25) is 0 Å². The minimum absolute atomic E-state index is 0. The van der Waals surface area contributed by atoms with E-state index in [0.29, 0.717) is 22.3 Å². The first-order valence-corrected chi connectivity index (χ1v) is 21.7. The van der Waals surface area contributed by atoms with Crippen molar-refractivity contribution in [3.8, 4) is 0 Å². The second-order valence-corrected chi connectivity index (χ2v) is 24.1. The van der Waals surface area contributed by atoms with Gasteiger partial charge < -0.3 is 19.6 Å². The minimum atomic E-state index is -0.0695. The molecule has 2 nitrogen and oxygen atoms in total. The Balaban J connectivity index is 0.000000308. The Labute approximate surface area is 317 Å². The molecule has 2 aliphatic carbocycles. The number of hydrogen-bond donors (Lipinski definition) is 0. The third-order valence-corrected chi connectivity index (χ3v) is 18.8. The van der Waals surface area contributed by atoms with Crippen LogP contribution in [0.1, 0.15) is 154 Å². The number of aliphatic imine (C=N–C) groups is 1. The van der Waals surface area contributed by atoms with Crippen LogP contribution in [0.2, 0.25) is 0 Å². The summed E-state index contributed by atoms with van der Waals surface area (Å²) in [5.41, 5.74) is 8.31. The molecule has 0 bridgehead atoms. The molecule has 0 radical (unpaired) electrons. The molecule has 7 atom stereocenters. The molecular formula is C44H71FeNOP2. The summed E-state index contributed by atoms with van der Waals surface area (Å²) in [5, 5.41) is 0.797. The molecule has 0 N–H and O–H groups in total. The van der Waals surface area contributed by atoms with Gasteiger partial charge in [-0.2, -0.15) is 0 Å². The van der Waals surface area contributed by atoms with Crippen molar-refractivity contribution in [1.82, 2.24) is 0 Å². The van der Waals surface area contributed by atoms with Gasteiger partial charge in [0.2, 0.25) is 0 Å². The largest absolute Gasteiger partial charge is 2.00 e. The van der Waals surface area contributed by atoms with Crippen LogP contribution in [0.5, 0.6) is 0 Å². The summed E-state index contributed by atoms with van der Waals surface area (Å²) in [5.74, 6) is 2.43. The van der Waals surface area contributed by atoms with Gasteiger partial charge >= 0.3 is 17.1 Å². The standard InChI is InChI=1S/C24H32P2.C13H23NO.C5H10.2CH3.Fe/c1-23(2,3)25-15-17-11-7-9-13-19(17)21(25)22-20-14-10-8-12-18(20)16-26(22)24(4,5)6;1-9-6-5-7-10(9)12-14-11(8-15-12)13(2,3)4;1-2-4-5-3-1;;;/h7-14,21-22H,15-16H2,1-6H3;9-11H,5-8H2,1-4H3;1-5H2;2*1H3;/q;;;2*-1;+2/t21-,22-,25+,26+;9?,10?,11-;;;;/m10..../s1. The van der Waals surface area contributed by atoms with Crippen LogP contribution in [0.15, 0.2) is 53.5 Å². The molecule has 2 aromatic carbocycles. The van der Waals surface area contributed by atoms with Gasteiger partial charge in [-0.15, -0.1) is 0 Å². The van der Waals surface area contributed by atoms with Gasteiger partial charge in [-0.25, -0.2) is 4.99 Å². The van der Waals surface area contributed by atoms with E-state index in [-0.39, 0.29) is 53.2 Å². The zero-order chi connectivity index (χ0) is 33.3. The van der Waals surface area contributed by atoms with Crippen molar-refractivity contribution >= 4 is 21.7 Å². The summed E-state index contributed by atoms with van der Waals surface area (Å²) in [6.07, 6.45) is 14.1. The summed E-state index contributed by atoms with van der Waals surface area (Å²) < 4.78 is 5.80. The first kappa shape index (κ1) is 44.5. The summed E-state index contributed by atoms with van der Waals surface area (Å²) in [6.45, 7) is 24.7. The van der Waals surface area contributed by atoms with Crippen molar-refractivity contribution in [2.45, 2.75) is 161 Å². The van der Waals surface area contributed by atoms with Gasteiger partial charge in [0.25, 0.3) is 0 Å². The second kappa shape index (κ2) is 18.4. The van der Waals surface area contributed by atoms with Crippen LogP contribution in [0.25, 0.3) is 0 Å². The molecule has 3 heterocycles. The maximum atomic E-state index is 5.80. The van der Waals surface area contributed by atoms with Gasteiger partial charge in [0.1, 0.15) is 6.61 Å². The monoisotopic (exact) mass is 747 g/mol. The number of ether oxygens (including phenoxy) is 1. The predicted octanol–water partition coefficient (Wildman–Crippen LogP) is 14.2. The summed E-state index contributed by atoms with van der Waals surface area (Å²) in [7, 11) is -0.139. The Morgan fingerprint density at radius 1 is 0.633 bits per heavy atom. The Kier molecular flexibility index (Phi) is 16.7. The topological polar surface area (TPSA) is 21.6 Å². The molecule has 0 aromatic heterocycles. The zero-order valence-corrected chi connectivity index (χ0v) is 36.3. The van der Waals surface area contributed by atoms with Crippen LogP contribution in [0.3, 0.4) is 0 Å².